The van der Waals surface area contributed by atoms with Crippen molar-refractivity contribution < 1.29 is 13.9 Å². The highest BCUT2D eigenvalue weighted by atomic mass is 79.9. The summed E-state index contributed by atoms with van der Waals surface area (Å²) in [7, 11) is 0. The van der Waals surface area contributed by atoms with Crippen LogP contribution in [0, 0.1) is 5.82 Å². The number of hydrogen-bond donors (Lipinski definition) is 1. The van der Waals surface area contributed by atoms with Gasteiger partial charge in [0, 0.05) is 10.2 Å². The van der Waals surface area contributed by atoms with Crippen LogP contribution in [-0.4, -0.2) is 5.97 Å². The molecule has 0 radical (unpaired) electrons. The van der Waals surface area contributed by atoms with Gasteiger partial charge in [0.1, 0.15) is 12.4 Å². The first-order valence-electron chi connectivity index (χ1n) is 5.63. The maximum absolute atomic E-state index is 13.2. The van der Waals surface area contributed by atoms with E-state index >= 15 is 0 Å². The molecular formula is C14H10Br2FNO2. The molecule has 2 rings (SSSR count). The number of benzene rings is 2. The summed E-state index contributed by atoms with van der Waals surface area (Å²) in [5.41, 5.74) is 7.04. The first-order chi connectivity index (χ1) is 9.47. The third kappa shape index (κ3) is 3.58. The van der Waals surface area contributed by atoms with Gasteiger partial charge in [0.15, 0.2) is 0 Å². The molecule has 2 aromatic rings. The first kappa shape index (κ1) is 15.0. The molecule has 2 aromatic carbocycles. The Morgan fingerprint density at radius 1 is 1.25 bits per heavy atom. The maximum Gasteiger partial charge on any atom is 0.339 e. The van der Waals surface area contributed by atoms with E-state index in [4.69, 9.17) is 10.5 Å². The van der Waals surface area contributed by atoms with Crippen molar-refractivity contribution in [1.82, 2.24) is 0 Å². The monoisotopic (exact) mass is 401 g/mol. The molecule has 0 aliphatic heterocycles. The second-order valence-corrected chi connectivity index (χ2v) is 5.77. The van der Waals surface area contributed by atoms with Crippen LogP contribution in [0.15, 0.2) is 45.3 Å². The zero-order chi connectivity index (χ0) is 14.7. The van der Waals surface area contributed by atoms with E-state index in [1.54, 1.807) is 24.3 Å². The topological polar surface area (TPSA) is 52.3 Å². The smallest absolute Gasteiger partial charge is 0.339 e. The van der Waals surface area contributed by atoms with Gasteiger partial charge in [-0.3, -0.25) is 0 Å². The Morgan fingerprint density at radius 2 is 2.00 bits per heavy atom. The van der Waals surface area contributed by atoms with E-state index in [9.17, 15) is 9.18 Å². The fourth-order valence-electron chi connectivity index (χ4n) is 1.63. The lowest BCUT2D eigenvalue weighted by Gasteiger charge is -2.08. The van der Waals surface area contributed by atoms with Gasteiger partial charge in [-0.1, -0.05) is 22.0 Å². The third-order valence-corrected chi connectivity index (χ3v) is 3.88. The molecule has 0 aliphatic rings. The van der Waals surface area contributed by atoms with Gasteiger partial charge in [0.25, 0.3) is 0 Å². The number of anilines is 1. The van der Waals surface area contributed by atoms with Crippen LogP contribution in [0.5, 0.6) is 0 Å². The van der Waals surface area contributed by atoms with Crippen molar-refractivity contribution in [3.8, 4) is 0 Å². The van der Waals surface area contributed by atoms with E-state index in [-0.39, 0.29) is 6.61 Å². The Hall–Kier alpha value is -1.40. The summed E-state index contributed by atoms with van der Waals surface area (Å²) >= 11 is 6.42. The number of nitrogen functional groups attached to an aromatic ring is 1. The van der Waals surface area contributed by atoms with E-state index in [0.29, 0.717) is 25.8 Å². The van der Waals surface area contributed by atoms with Crippen LogP contribution in [-0.2, 0) is 11.3 Å². The van der Waals surface area contributed by atoms with Crippen LogP contribution < -0.4 is 5.73 Å². The molecule has 20 heavy (non-hydrogen) atoms. The van der Waals surface area contributed by atoms with Crippen LogP contribution >= 0.6 is 31.9 Å². The van der Waals surface area contributed by atoms with Crippen LogP contribution in [0.2, 0.25) is 0 Å². The predicted octanol–water partition coefficient (Wildman–Crippen LogP) is 4.29. The Morgan fingerprint density at radius 3 is 2.70 bits per heavy atom. The highest BCUT2D eigenvalue weighted by Crippen LogP contribution is 2.25. The summed E-state index contributed by atoms with van der Waals surface area (Å²) in [4.78, 5) is 11.9. The van der Waals surface area contributed by atoms with E-state index in [0.717, 1.165) is 0 Å². The molecule has 6 heteroatoms. The molecular weight excluding hydrogens is 393 g/mol. The van der Waals surface area contributed by atoms with Crippen LogP contribution in [0.25, 0.3) is 0 Å². The van der Waals surface area contributed by atoms with Gasteiger partial charge in [0.05, 0.1) is 10.0 Å². The number of ether oxygens (including phenoxy) is 1. The average molecular weight is 403 g/mol. The Kier molecular flexibility index (Phi) is 4.77. The van der Waals surface area contributed by atoms with Gasteiger partial charge in [0.2, 0.25) is 0 Å². The summed E-state index contributed by atoms with van der Waals surface area (Å²) in [5, 5.41) is 0. The lowest BCUT2D eigenvalue weighted by molar-refractivity contribution is 0.0471. The predicted molar refractivity (Wildman–Crippen MR) is 81.8 cm³/mol. The van der Waals surface area contributed by atoms with Gasteiger partial charge in [-0.15, -0.1) is 0 Å². The number of halogens is 3. The van der Waals surface area contributed by atoms with Crippen molar-refractivity contribution in [2.45, 2.75) is 6.61 Å². The summed E-state index contributed by atoms with van der Waals surface area (Å²) in [6.07, 6.45) is 0. The van der Waals surface area contributed by atoms with Crippen molar-refractivity contribution in [2.24, 2.45) is 0 Å². The van der Waals surface area contributed by atoms with Gasteiger partial charge in [-0.05, 0) is 51.8 Å². The Bertz CT molecular complexity index is 641. The first-order valence-corrected chi connectivity index (χ1v) is 7.22. The molecule has 0 atom stereocenters. The molecule has 0 heterocycles. The molecule has 0 bridgehead atoms. The van der Waals surface area contributed by atoms with Gasteiger partial charge in [-0.2, -0.15) is 0 Å². The van der Waals surface area contributed by atoms with Crippen molar-refractivity contribution in [3.63, 3.8) is 0 Å². The fraction of sp³-hybridized carbons (Fsp3) is 0.0714. The third-order valence-electron chi connectivity index (χ3n) is 2.54. The standard InChI is InChI=1S/C14H10Br2FNO2/c15-9-4-8(5-10(17)6-9)7-20-14(19)11-2-1-3-12(18)13(11)16/h1-6H,7,18H2. The number of carbonyl (C=O) groups is 1. The van der Waals surface area contributed by atoms with Crippen molar-refractivity contribution in [2.75, 3.05) is 5.73 Å². The van der Waals surface area contributed by atoms with E-state index < -0.39 is 11.8 Å². The minimum atomic E-state index is -0.524. The molecule has 0 fully saturated rings. The highest BCUT2D eigenvalue weighted by molar-refractivity contribution is 9.11. The molecule has 0 saturated carbocycles. The van der Waals surface area contributed by atoms with Crippen molar-refractivity contribution >= 4 is 43.5 Å². The summed E-state index contributed by atoms with van der Waals surface area (Å²) in [6.45, 7) is -0.0174. The molecule has 0 saturated heterocycles. The van der Waals surface area contributed by atoms with Crippen LogP contribution in [0.1, 0.15) is 15.9 Å². The lowest BCUT2D eigenvalue weighted by Crippen LogP contribution is -2.07. The quantitative estimate of drug-likeness (QED) is 0.615. The Balaban J connectivity index is 2.10. The molecule has 0 aromatic heterocycles. The highest BCUT2D eigenvalue weighted by Gasteiger charge is 2.13. The zero-order valence-electron chi connectivity index (χ0n) is 10.2. The van der Waals surface area contributed by atoms with Crippen molar-refractivity contribution in [1.29, 1.82) is 0 Å². The minimum Gasteiger partial charge on any atom is -0.457 e. The number of hydrogen-bond acceptors (Lipinski definition) is 3. The molecule has 0 unspecified atom stereocenters. The van der Waals surface area contributed by atoms with E-state index in [2.05, 4.69) is 31.9 Å². The molecule has 2 N–H and O–H groups in total. The Labute approximate surface area is 132 Å². The van der Waals surface area contributed by atoms with Gasteiger partial charge < -0.3 is 10.5 Å². The average Bonchev–Trinajstić information content (AvgIpc) is 2.38. The number of rotatable bonds is 3. The molecule has 3 nitrogen and oxygen atoms in total. The second-order valence-electron chi connectivity index (χ2n) is 4.06. The SMILES string of the molecule is Nc1cccc(C(=O)OCc2cc(F)cc(Br)c2)c1Br. The van der Waals surface area contributed by atoms with Crippen LogP contribution in [0.3, 0.4) is 0 Å². The number of nitrogens with two attached hydrogens (primary N) is 1. The maximum atomic E-state index is 13.2. The molecule has 0 aliphatic carbocycles. The summed E-state index contributed by atoms with van der Waals surface area (Å²) in [6, 6.07) is 9.27. The zero-order valence-corrected chi connectivity index (χ0v) is 13.4. The van der Waals surface area contributed by atoms with Gasteiger partial charge >= 0.3 is 5.97 Å². The fourth-order valence-corrected chi connectivity index (χ4v) is 2.57. The minimum absolute atomic E-state index is 0.0174. The van der Waals surface area contributed by atoms with Crippen molar-refractivity contribution in [3.05, 3.63) is 62.3 Å². The normalized spacial score (nSPS) is 10.3. The number of carbonyl (C=O) groups excluding carboxylic acids is 1. The van der Waals surface area contributed by atoms with Gasteiger partial charge in [-0.25, -0.2) is 9.18 Å². The second kappa shape index (κ2) is 6.37. The molecule has 0 amide bonds. The van der Waals surface area contributed by atoms with E-state index in [1.807, 2.05) is 0 Å². The summed E-state index contributed by atoms with van der Waals surface area (Å²) in [5.74, 6) is -0.917. The van der Waals surface area contributed by atoms with E-state index in [1.165, 1.54) is 12.1 Å². The lowest BCUT2D eigenvalue weighted by atomic mass is 10.2. The van der Waals surface area contributed by atoms with Crippen LogP contribution in [0.4, 0.5) is 10.1 Å². The molecule has 0 spiro atoms. The number of esters is 1. The summed E-state index contributed by atoms with van der Waals surface area (Å²) < 4.78 is 19.4. The largest absolute Gasteiger partial charge is 0.457 e. The molecule has 104 valence electrons.